The summed E-state index contributed by atoms with van der Waals surface area (Å²) < 4.78 is 25.6. The number of anilines is 1. The van der Waals surface area contributed by atoms with Crippen LogP contribution in [0.2, 0.25) is 0 Å². The molecule has 2 rings (SSSR count). The summed E-state index contributed by atoms with van der Waals surface area (Å²) in [5.41, 5.74) is 9.01. The molecule has 0 amide bonds. The quantitative estimate of drug-likeness (QED) is 0.857. The van der Waals surface area contributed by atoms with E-state index >= 15 is 0 Å². The van der Waals surface area contributed by atoms with Crippen molar-refractivity contribution in [2.75, 3.05) is 5.73 Å². The van der Waals surface area contributed by atoms with Crippen LogP contribution in [0, 0.1) is 13.8 Å². The molecular formula is C15H16BrNO2S. The van der Waals surface area contributed by atoms with Gasteiger partial charge in [0.2, 0.25) is 0 Å². The van der Waals surface area contributed by atoms with Gasteiger partial charge in [-0.3, -0.25) is 0 Å². The van der Waals surface area contributed by atoms with Crippen molar-refractivity contribution >= 4 is 31.5 Å². The summed E-state index contributed by atoms with van der Waals surface area (Å²) in [4.78, 5) is 0.346. The van der Waals surface area contributed by atoms with Gasteiger partial charge in [0.1, 0.15) is 0 Å². The zero-order valence-electron chi connectivity index (χ0n) is 11.4. The predicted molar refractivity (Wildman–Crippen MR) is 85.4 cm³/mol. The second-order valence-electron chi connectivity index (χ2n) is 4.90. The number of benzene rings is 2. The van der Waals surface area contributed by atoms with E-state index in [1.165, 1.54) is 0 Å². The third kappa shape index (κ3) is 3.41. The molecule has 0 unspecified atom stereocenters. The monoisotopic (exact) mass is 353 g/mol. The van der Waals surface area contributed by atoms with Gasteiger partial charge in [-0.15, -0.1) is 0 Å². The molecule has 0 aliphatic rings. The third-order valence-electron chi connectivity index (χ3n) is 3.17. The van der Waals surface area contributed by atoms with Crippen LogP contribution >= 0.6 is 15.9 Å². The maximum absolute atomic E-state index is 12.4. The lowest BCUT2D eigenvalue weighted by molar-refractivity contribution is 0.595. The van der Waals surface area contributed by atoms with Crippen LogP contribution in [0.5, 0.6) is 0 Å². The molecule has 0 saturated heterocycles. The second kappa shape index (κ2) is 5.58. The maximum atomic E-state index is 12.4. The molecule has 3 nitrogen and oxygen atoms in total. The number of halogens is 1. The van der Waals surface area contributed by atoms with Crippen molar-refractivity contribution in [1.82, 2.24) is 0 Å². The standard InChI is InChI=1S/C15H16BrNO2S/c1-10-3-4-15(5-11(10)2)20(18,19)9-12-6-13(16)8-14(17)7-12/h3-8H,9,17H2,1-2H3. The Hall–Kier alpha value is -1.33. The summed E-state index contributed by atoms with van der Waals surface area (Å²) in [6.07, 6.45) is 0. The Morgan fingerprint density at radius 3 is 2.35 bits per heavy atom. The highest BCUT2D eigenvalue weighted by Crippen LogP contribution is 2.23. The Morgan fingerprint density at radius 1 is 1.05 bits per heavy atom. The summed E-state index contributed by atoms with van der Waals surface area (Å²) in [6, 6.07) is 10.4. The first-order chi connectivity index (χ1) is 9.28. The van der Waals surface area contributed by atoms with E-state index in [4.69, 9.17) is 5.73 Å². The SMILES string of the molecule is Cc1ccc(S(=O)(=O)Cc2cc(N)cc(Br)c2)cc1C. The van der Waals surface area contributed by atoms with Crippen LogP contribution in [0.15, 0.2) is 45.8 Å². The average Bonchev–Trinajstić information content (AvgIpc) is 2.30. The third-order valence-corrected chi connectivity index (χ3v) is 5.32. The van der Waals surface area contributed by atoms with Gasteiger partial charge in [0, 0.05) is 10.2 Å². The van der Waals surface area contributed by atoms with Gasteiger partial charge in [-0.25, -0.2) is 8.42 Å². The van der Waals surface area contributed by atoms with Crippen LogP contribution in [0.4, 0.5) is 5.69 Å². The lowest BCUT2D eigenvalue weighted by Crippen LogP contribution is -2.06. The van der Waals surface area contributed by atoms with Gasteiger partial charge >= 0.3 is 0 Å². The molecule has 2 aromatic rings. The zero-order valence-corrected chi connectivity index (χ0v) is 13.8. The van der Waals surface area contributed by atoms with E-state index in [9.17, 15) is 8.42 Å². The Bertz CT molecular complexity index is 734. The molecule has 2 aromatic carbocycles. The van der Waals surface area contributed by atoms with Crippen LogP contribution < -0.4 is 5.73 Å². The zero-order chi connectivity index (χ0) is 14.9. The largest absolute Gasteiger partial charge is 0.399 e. The number of hydrogen-bond acceptors (Lipinski definition) is 3. The minimum Gasteiger partial charge on any atom is -0.399 e. The summed E-state index contributed by atoms with van der Waals surface area (Å²) in [5.74, 6) is -0.0564. The Morgan fingerprint density at radius 2 is 1.75 bits per heavy atom. The first-order valence-corrected chi connectivity index (χ1v) is 8.57. The number of rotatable bonds is 3. The molecule has 5 heteroatoms. The highest BCUT2D eigenvalue weighted by Gasteiger charge is 2.16. The van der Waals surface area contributed by atoms with Crippen molar-refractivity contribution in [3.8, 4) is 0 Å². The minimum absolute atomic E-state index is 0.0564. The first kappa shape index (κ1) is 15.1. The van der Waals surface area contributed by atoms with Crippen LogP contribution in [0.3, 0.4) is 0 Å². The molecule has 2 N–H and O–H groups in total. The van der Waals surface area contributed by atoms with E-state index in [0.29, 0.717) is 16.1 Å². The Kier molecular flexibility index (Phi) is 4.20. The van der Waals surface area contributed by atoms with Crippen molar-refractivity contribution < 1.29 is 8.42 Å². The predicted octanol–water partition coefficient (Wildman–Crippen LogP) is 3.62. The molecule has 0 saturated carbocycles. The normalized spacial score (nSPS) is 11.6. The highest BCUT2D eigenvalue weighted by molar-refractivity contribution is 9.10. The Balaban J connectivity index is 2.37. The molecule has 0 heterocycles. The second-order valence-corrected chi connectivity index (χ2v) is 7.80. The lowest BCUT2D eigenvalue weighted by Gasteiger charge is -2.08. The number of aryl methyl sites for hydroxylation is 2. The first-order valence-electron chi connectivity index (χ1n) is 6.13. The topological polar surface area (TPSA) is 60.2 Å². The van der Waals surface area contributed by atoms with Gasteiger partial charge in [-0.05, 0) is 60.9 Å². The van der Waals surface area contributed by atoms with Crippen molar-refractivity contribution in [1.29, 1.82) is 0 Å². The fraction of sp³-hybridized carbons (Fsp3) is 0.200. The Labute approximate surface area is 127 Å². The number of nitrogens with two attached hydrogens (primary N) is 1. The van der Waals surface area contributed by atoms with Crippen LogP contribution in [-0.2, 0) is 15.6 Å². The maximum Gasteiger partial charge on any atom is 0.182 e. The van der Waals surface area contributed by atoms with Crippen LogP contribution in [0.25, 0.3) is 0 Å². The van der Waals surface area contributed by atoms with E-state index in [1.54, 1.807) is 30.3 Å². The summed E-state index contributed by atoms with van der Waals surface area (Å²) in [6.45, 7) is 3.87. The molecule has 0 spiro atoms. The molecule has 0 aliphatic heterocycles. The van der Waals surface area contributed by atoms with Crippen LogP contribution in [0.1, 0.15) is 16.7 Å². The van der Waals surface area contributed by atoms with Crippen LogP contribution in [-0.4, -0.2) is 8.42 Å². The molecule has 0 aliphatic carbocycles. The summed E-state index contributed by atoms with van der Waals surface area (Å²) in [5, 5.41) is 0. The number of nitrogen functional groups attached to an aromatic ring is 1. The number of hydrogen-bond donors (Lipinski definition) is 1. The number of sulfone groups is 1. The van der Waals surface area contributed by atoms with Gasteiger partial charge < -0.3 is 5.73 Å². The molecule has 20 heavy (non-hydrogen) atoms. The van der Waals surface area contributed by atoms with Crippen molar-refractivity contribution in [2.24, 2.45) is 0 Å². The lowest BCUT2D eigenvalue weighted by atomic mass is 10.1. The van der Waals surface area contributed by atoms with E-state index in [1.807, 2.05) is 19.9 Å². The molecular weight excluding hydrogens is 338 g/mol. The molecule has 0 radical (unpaired) electrons. The van der Waals surface area contributed by atoms with Gasteiger partial charge in [-0.2, -0.15) is 0 Å². The van der Waals surface area contributed by atoms with Gasteiger partial charge in [0.05, 0.1) is 10.6 Å². The molecule has 106 valence electrons. The van der Waals surface area contributed by atoms with E-state index in [2.05, 4.69) is 15.9 Å². The molecule has 0 bridgehead atoms. The van der Waals surface area contributed by atoms with Crippen molar-refractivity contribution in [3.05, 3.63) is 57.6 Å². The van der Waals surface area contributed by atoms with E-state index in [0.717, 1.165) is 15.6 Å². The fourth-order valence-electron chi connectivity index (χ4n) is 1.97. The molecule has 0 aromatic heterocycles. The van der Waals surface area contributed by atoms with Gasteiger partial charge in [0.15, 0.2) is 9.84 Å². The van der Waals surface area contributed by atoms with E-state index in [-0.39, 0.29) is 5.75 Å². The minimum atomic E-state index is -3.36. The van der Waals surface area contributed by atoms with Gasteiger partial charge in [0.25, 0.3) is 0 Å². The van der Waals surface area contributed by atoms with Gasteiger partial charge in [-0.1, -0.05) is 22.0 Å². The fourth-order valence-corrected chi connectivity index (χ4v) is 3.93. The van der Waals surface area contributed by atoms with Crippen molar-refractivity contribution in [3.63, 3.8) is 0 Å². The molecule has 0 fully saturated rings. The smallest absolute Gasteiger partial charge is 0.182 e. The van der Waals surface area contributed by atoms with E-state index < -0.39 is 9.84 Å². The highest BCUT2D eigenvalue weighted by atomic mass is 79.9. The molecule has 0 atom stereocenters. The van der Waals surface area contributed by atoms with Crippen molar-refractivity contribution in [2.45, 2.75) is 24.5 Å². The summed E-state index contributed by atoms with van der Waals surface area (Å²) >= 11 is 3.32. The summed E-state index contributed by atoms with van der Waals surface area (Å²) in [7, 11) is -3.36. The average molecular weight is 354 g/mol.